The Hall–Kier alpha value is -3.54. The fourth-order valence-electron chi connectivity index (χ4n) is 3.55. The Labute approximate surface area is 182 Å². The van der Waals surface area contributed by atoms with Gasteiger partial charge >= 0.3 is 0 Å². The third kappa shape index (κ3) is 4.63. The topological polar surface area (TPSA) is 76.1 Å². The van der Waals surface area contributed by atoms with Crippen molar-refractivity contribution in [2.24, 2.45) is 0 Å². The predicted molar refractivity (Wildman–Crippen MR) is 119 cm³/mol. The van der Waals surface area contributed by atoms with Crippen LogP contribution in [0.15, 0.2) is 66.8 Å². The molecule has 2 aromatic rings. The lowest BCUT2D eigenvalue weighted by Crippen LogP contribution is -2.29. The number of amides is 1. The summed E-state index contributed by atoms with van der Waals surface area (Å²) in [5, 5.41) is 11.0. The van der Waals surface area contributed by atoms with E-state index in [1.54, 1.807) is 54.6 Å². The zero-order valence-corrected chi connectivity index (χ0v) is 17.8. The van der Waals surface area contributed by atoms with Gasteiger partial charge in [0.2, 0.25) is 0 Å². The van der Waals surface area contributed by atoms with Gasteiger partial charge in [-0.15, -0.1) is 6.58 Å². The van der Waals surface area contributed by atoms with Crippen LogP contribution in [-0.4, -0.2) is 41.5 Å². The van der Waals surface area contributed by atoms with Crippen molar-refractivity contribution in [3.05, 3.63) is 77.9 Å². The van der Waals surface area contributed by atoms with E-state index in [1.807, 2.05) is 13.8 Å². The summed E-state index contributed by atoms with van der Waals surface area (Å²) in [6, 6.07) is 13.3. The van der Waals surface area contributed by atoms with E-state index in [-0.39, 0.29) is 17.9 Å². The van der Waals surface area contributed by atoms with Gasteiger partial charge in [-0.3, -0.25) is 9.59 Å². The van der Waals surface area contributed by atoms with Gasteiger partial charge in [0.05, 0.1) is 24.8 Å². The number of Topliss-reactive ketones (excluding diaryl/α,β-unsaturated/α-hetero) is 1. The summed E-state index contributed by atoms with van der Waals surface area (Å²) in [6.45, 7) is 8.92. The number of ether oxygens (including phenoxy) is 2. The molecule has 31 heavy (non-hydrogen) atoms. The Kier molecular flexibility index (Phi) is 7.13. The summed E-state index contributed by atoms with van der Waals surface area (Å²) in [5.74, 6) is -0.234. The van der Waals surface area contributed by atoms with Crippen LogP contribution >= 0.6 is 0 Å². The first-order valence-corrected chi connectivity index (χ1v) is 10.4. The SMILES string of the molecule is C=CCN1C(=O)C(=O)C(=C(O)c2ccc(OCCC)cc2)C1c1ccc(OCC)cc1. The number of carbonyl (C=O) groups excluding carboxylic acids is 2. The van der Waals surface area contributed by atoms with Gasteiger partial charge in [-0.1, -0.05) is 25.1 Å². The molecule has 1 fully saturated rings. The fourth-order valence-corrected chi connectivity index (χ4v) is 3.55. The van der Waals surface area contributed by atoms with Crippen molar-refractivity contribution in [1.29, 1.82) is 0 Å². The Morgan fingerprint density at radius 1 is 1.03 bits per heavy atom. The van der Waals surface area contributed by atoms with E-state index in [1.165, 1.54) is 4.90 Å². The van der Waals surface area contributed by atoms with Crippen LogP contribution in [-0.2, 0) is 9.59 Å². The number of rotatable bonds is 9. The lowest BCUT2D eigenvalue weighted by atomic mass is 9.95. The van der Waals surface area contributed by atoms with Crippen LogP contribution < -0.4 is 9.47 Å². The molecule has 1 heterocycles. The molecule has 6 heteroatoms. The second kappa shape index (κ2) is 9.98. The van der Waals surface area contributed by atoms with E-state index in [2.05, 4.69) is 6.58 Å². The number of aliphatic hydroxyl groups is 1. The Balaban J connectivity index is 2.04. The first kappa shape index (κ1) is 22.2. The Bertz CT molecular complexity index is 976. The molecule has 3 rings (SSSR count). The molecule has 2 aromatic carbocycles. The smallest absolute Gasteiger partial charge is 0.295 e. The van der Waals surface area contributed by atoms with Crippen LogP contribution in [0.1, 0.15) is 37.4 Å². The van der Waals surface area contributed by atoms with Crippen molar-refractivity contribution < 1.29 is 24.2 Å². The average molecular weight is 421 g/mol. The third-order valence-electron chi connectivity index (χ3n) is 4.97. The van der Waals surface area contributed by atoms with E-state index >= 15 is 0 Å². The summed E-state index contributed by atoms with van der Waals surface area (Å²) in [4.78, 5) is 27.0. The second-order valence-corrected chi connectivity index (χ2v) is 7.12. The molecule has 1 amide bonds. The first-order chi connectivity index (χ1) is 15.0. The molecule has 1 N–H and O–H groups in total. The van der Waals surface area contributed by atoms with Crippen molar-refractivity contribution in [3.8, 4) is 11.5 Å². The van der Waals surface area contributed by atoms with Gasteiger partial charge in [0.1, 0.15) is 17.3 Å². The van der Waals surface area contributed by atoms with Crippen molar-refractivity contribution in [3.63, 3.8) is 0 Å². The number of carbonyl (C=O) groups is 2. The molecule has 0 bridgehead atoms. The molecule has 0 aliphatic carbocycles. The van der Waals surface area contributed by atoms with Crippen molar-refractivity contribution >= 4 is 17.4 Å². The number of ketones is 1. The predicted octanol–water partition coefficient (Wildman–Crippen LogP) is 4.48. The second-order valence-electron chi connectivity index (χ2n) is 7.12. The van der Waals surface area contributed by atoms with Crippen LogP contribution in [0.4, 0.5) is 0 Å². The number of hydrogen-bond acceptors (Lipinski definition) is 5. The lowest BCUT2D eigenvalue weighted by molar-refractivity contribution is -0.139. The average Bonchev–Trinajstić information content (AvgIpc) is 3.03. The molecule has 1 unspecified atom stereocenters. The minimum Gasteiger partial charge on any atom is -0.507 e. The van der Waals surface area contributed by atoms with Gasteiger partial charge in [-0.05, 0) is 55.3 Å². The zero-order valence-electron chi connectivity index (χ0n) is 17.8. The van der Waals surface area contributed by atoms with Crippen molar-refractivity contribution in [1.82, 2.24) is 4.90 Å². The summed E-state index contributed by atoms with van der Waals surface area (Å²) in [5.41, 5.74) is 1.20. The molecular weight excluding hydrogens is 394 g/mol. The largest absolute Gasteiger partial charge is 0.507 e. The van der Waals surface area contributed by atoms with Gasteiger partial charge in [0.15, 0.2) is 0 Å². The lowest BCUT2D eigenvalue weighted by Gasteiger charge is -2.24. The maximum atomic E-state index is 12.9. The van der Waals surface area contributed by atoms with Gasteiger partial charge in [-0.25, -0.2) is 0 Å². The van der Waals surface area contributed by atoms with Gasteiger partial charge in [0, 0.05) is 12.1 Å². The molecule has 1 saturated heterocycles. The summed E-state index contributed by atoms with van der Waals surface area (Å²) in [7, 11) is 0. The van der Waals surface area contributed by atoms with Gasteiger partial charge in [-0.2, -0.15) is 0 Å². The van der Waals surface area contributed by atoms with E-state index in [4.69, 9.17) is 9.47 Å². The maximum Gasteiger partial charge on any atom is 0.295 e. The first-order valence-electron chi connectivity index (χ1n) is 10.4. The normalized spacial score (nSPS) is 17.6. The molecule has 1 aliphatic rings. The monoisotopic (exact) mass is 421 g/mol. The number of nitrogens with zero attached hydrogens (tertiary/aromatic N) is 1. The van der Waals surface area contributed by atoms with Crippen molar-refractivity contribution in [2.45, 2.75) is 26.3 Å². The highest BCUT2D eigenvalue weighted by molar-refractivity contribution is 6.46. The van der Waals surface area contributed by atoms with Crippen molar-refractivity contribution in [2.75, 3.05) is 19.8 Å². The highest BCUT2D eigenvalue weighted by atomic mass is 16.5. The van der Waals surface area contributed by atoms with E-state index < -0.39 is 17.7 Å². The zero-order chi connectivity index (χ0) is 22.4. The quantitative estimate of drug-likeness (QED) is 0.280. The highest BCUT2D eigenvalue weighted by Crippen LogP contribution is 2.39. The number of benzene rings is 2. The molecule has 0 saturated carbocycles. The van der Waals surface area contributed by atoms with E-state index in [9.17, 15) is 14.7 Å². The standard InChI is InChI=1S/C25H27NO5/c1-4-15-26-22(17-7-11-19(12-8-17)30-6-3)21(24(28)25(26)29)23(27)18-9-13-20(14-10-18)31-16-5-2/h4,7-14,22,27H,1,5-6,15-16H2,2-3H3. The number of aliphatic hydroxyl groups excluding tert-OH is 1. The van der Waals surface area contributed by atoms with Crippen LogP contribution in [0, 0.1) is 0 Å². The molecule has 6 nitrogen and oxygen atoms in total. The Morgan fingerprint density at radius 2 is 1.65 bits per heavy atom. The number of likely N-dealkylation sites (tertiary alicyclic amines) is 1. The van der Waals surface area contributed by atoms with Crippen LogP contribution in [0.3, 0.4) is 0 Å². The van der Waals surface area contributed by atoms with E-state index in [0.717, 1.165) is 6.42 Å². The van der Waals surface area contributed by atoms with Crippen LogP contribution in [0.25, 0.3) is 5.76 Å². The van der Waals surface area contributed by atoms with Gasteiger partial charge < -0.3 is 19.5 Å². The summed E-state index contributed by atoms with van der Waals surface area (Å²) in [6.07, 6.45) is 2.45. The van der Waals surface area contributed by atoms with Gasteiger partial charge in [0.25, 0.3) is 11.7 Å². The molecule has 0 radical (unpaired) electrons. The fraction of sp³-hybridized carbons (Fsp3) is 0.280. The van der Waals surface area contributed by atoms with Crippen LogP contribution in [0.2, 0.25) is 0 Å². The van der Waals surface area contributed by atoms with Crippen LogP contribution in [0.5, 0.6) is 11.5 Å². The number of hydrogen-bond donors (Lipinski definition) is 1. The minimum atomic E-state index is -0.718. The maximum absolute atomic E-state index is 12.9. The minimum absolute atomic E-state index is 0.0539. The Morgan fingerprint density at radius 3 is 2.23 bits per heavy atom. The molecule has 1 aliphatic heterocycles. The molecular formula is C25H27NO5. The molecule has 0 aromatic heterocycles. The summed E-state index contributed by atoms with van der Waals surface area (Å²) >= 11 is 0. The molecule has 162 valence electrons. The third-order valence-corrected chi connectivity index (χ3v) is 4.97. The summed E-state index contributed by atoms with van der Waals surface area (Å²) < 4.78 is 11.1. The molecule has 0 spiro atoms. The highest BCUT2D eigenvalue weighted by Gasteiger charge is 2.45. The molecule has 1 atom stereocenters. The van der Waals surface area contributed by atoms with E-state index in [0.29, 0.717) is 35.8 Å².